The van der Waals surface area contributed by atoms with E-state index in [1.807, 2.05) is 6.07 Å². The van der Waals surface area contributed by atoms with E-state index in [1.165, 1.54) is 37.4 Å². The lowest BCUT2D eigenvalue weighted by molar-refractivity contribution is 0.416. The largest absolute Gasteiger partial charge is 0.495 e. The van der Waals surface area contributed by atoms with Gasteiger partial charge < -0.3 is 4.74 Å². The standard InChI is InChI=1S/C14H11BrN2O3S/c1-20-14-8-10(9-16)2-7-13(14)17-21(18,19)12-5-3-11(15)4-6-12/h2-8,17H,1H3. The summed E-state index contributed by atoms with van der Waals surface area (Å²) in [7, 11) is -2.31. The molecule has 2 rings (SSSR count). The van der Waals surface area contributed by atoms with Gasteiger partial charge in [-0.3, -0.25) is 4.72 Å². The number of nitrogens with zero attached hydrogens (tertiary/aromatic N) is 1. The summed E-state index contributed by atoms with van der Waals surface area (Å²) in [5, 5.41) is 8.84. The quantitative estimate of drug-likeness (QED) is 0.901. The molecule has 0 aliphatic heterocycles. The van der Waals surface area contributed by atoms with Gasteiger partial charge in [0.25, 0.3) is 10.0 Å². The molecule has 0 spiro atoms. The molecule has 0 saturated heterocycles. The highest BCUT2D eigenvalue weighted by molar-refractivity contribution is 9.10. The Kier molecular flexibility index (Phi) is 4.50. The third-order valence-electron chi connectivity index (χ3n) is 2.70. The smallest absolute Gasteiger partial charge is 0.262 e. The monoisotopic (exact) mass is 366 g/mol. The van der Waals surface area contributed by atoms with Crippen LogP contribution < -0.4 is 9.46 Å². The van der Waals surface area contributed by atoms with E-state index in [9.17, 15) is 8.42 Å². The van der Waals surface area contributed by atoms with Gasteiger partial charge in [0.15, 0.2) is 0 Å². The Morgan fingerprint density at radius 3 is 2.43 bits per heavy atom. The summed E-state index contributed by atoms with van der Waals surface area (Å²) in [5.74, 6) is 0.287. The van der Waals surface area contributed by atoms with Crippen LogP contribution in [0.25, 0.3) is 0 Å². The molecule has 0 atom stereocenters. The topological polar surface area (TPSA) is 79.2 Å². The maximum absolute atomic E-state index is 12.3. The third-order valence-corrected chi connectivity index (χ3v) is 4.61. The maximum atomic E-state index is 12.3. The lowest BCUT2D eigenvalue weighted by Crippen LogP contribution is -2.13. The molecule has 0 saturated carbocycles. The Balaban J connectivity index is 2.37. The number of benzene rings is 2. The van der Waals surface area contributed by atoms with Crippen LogP contribution >= 0.6 is 15.9 Å². The average Bonchev–Trinajstić information content (AvgIpc) is 2.47. The summed E-state index contributed by atoms with van der Waals surface area (Å²) in [6, 6.07) is 12.7. The number of nitriles is 1. The molecule has 0 bridgehead atoms. The summed E-state index contributed by atoms with van der Waals surface area (Å²) in [6.45, 7) is 0. The molecule has 0 radical (unpaired) electrons. The van der Waals surface area contributed by atoms with Gasteiger partial charge in [0.2, 0.25) is 0 Å². The van der Waals surface area contributed by atoms with Crippen molar-refractivity contribution in [3.63, 3.8) is 0 Å². The van der Waals surface area contributed by atoms with Gasteiger partial charge in [-0.15, -0.1) is 0 Å². The summed E-state index contributed by atoms with van der Waals surface area (Å²) in [4.78, 5) is 0.136. The van der Waals surface area contributed by atoms with Crippen molar-refractivity contribution in [2.24, 2.45) is 0 Å². The lowest BCUT2D eigenvalue weighted by atomic mass is 10.2. The van der Waals surface area contributed by atoms with Crippen molar-refractivity contribution in [2.75, 3.05) is 11.8 Å². The normalized spacial score (nSPS) is 10.7. The molecule has 0 aromatic heterocycles. The van der Waals surface area contributed by atoms with E-state index >= 15 is 0 Å². The Morgan fingerprint density at radius 1 is 1.19 bits per heavy atom. The van der Waals surface area contributed by atoms with Gasteiger partial charge in [-0.1, -0.05) is 15.9 Å². The van der Waals surface area contributed by atoms with E-state index in [0.717, 1.165) is 4.47 Å². The maximum Gasteiger partial charge on any atom is 0.262 e. The minimum Gasteiger partial charge on any atom is -0.495 e. The molecule has 21 heavy (non-hydrogen) atoms. The molecule has 108 valence electrons. The van der Waals surface area contributed by atoms with Crippen LogP contribution in [0.5, 0.6) is 5.75 Å². The number of anilines is 1. The summed E-state index contributed by atoms with van der Waals surface area (Å²) in [6.07, 6.45) is 0. The molecule has 2 aromatic carbocycles. The van der Waals surface area contributed by atoms with Crippen LogP contribution in [-0.4, -0.2) is 15.5 Å². The second-order valence-electron chi connectivity index (χ2n) is 4.09. The molecule has 1 N–H and O–H groups in total. The molecule has 0 fully saturated rings. The summed E-state index contributed by atoms with van der Waals surface area (Å²) in [5.41, 5.74) is 0.665. The molecule has 0 aliphatic carbocycles. The number of methoxy groups -OCH3 is 1. The first-order chi connectivity index (χ1) is 9.96. The summed E-state index contributed by atoms with van der Waals surface area (Å²) < 4.78 is 32.9. The minimum atomic E-state index is -3.72. The fourth-order valence-electron chi connectivity index (χ4n) is 1.66. The zero-order chi connectivity index (χ0) is 15.5. The van der Waals surface area contributed by atoms with Gasteiger partial charge in [-0.2, -0.15) is 5.26 Å². The molecular formula is C14H11BrN2O3S. The number of sulfonamides is 1. The van der Waals surface area contributed by atoms with Crippen molar-refractivity contribution in [3.8, 4) is 11.8 Å². The van der Waals surface area contributed by atoms with Crippen molar-refractivity contribution in [2.45, 2.75) is 4.90 Å². The van der Waals surface area contributed by atoms with Gasteiger partial charge in [0.1, 0.15) is 5.75 Å². The Labute approximate surface area is 131 Å². The van der Waals surface area contributed by atoms with Crippen LogP contribution in [0.15, 0.2) is 51.8 Å². The van der Waals surface area contributed by atoms with Crippen molar-refractivity contribution in [1.29, 1.82) is 5.26 Å². The van der Waals surface area contributed by atoms with Crippen LogP contribution in [0, 0.1) is 11.3 Å². The first-order valence-electron chi connectivity index (χ1n) is 5.83. The lowest BCUT2D eigenvalue weighted by Gasteiger charge is -2.12. The van der Waals surface area contributed by atoms with Gasteiger partial charge in [-0.25, -0.2) is 8.42 Å². The zero-order valence-electron chi connectivity index (χ0n) is 11.0. The highest BCUT2D eigenvalue weighted by Gasteiger charge is 2.16. The van der Waals surface area contributed by atoms with Gasteiger partial charge in [0.05, 0.1) is 29.3 Å². The zero-order valence-corrected chi connectivity index (χ0v) is 13.4. The molecular weight excluding hydrogens is 356 g/mol. The first-order valence-corrected chi connectivity index (χ1v) is 8.10. The fraction of sp³-hybridized carbons (Fsp3) is 0.0714. The molecule has 5 nitrogen and oxygen atoms in total. The Morgan fingerprint density at radius 2 is 1.86 bits per heavy atom. The third kappa shape index (κ3) is 3.54. The second kappa shape index (κ2) is 6.16. The number of hydrogen-bond acceptors (Lipinski definition) is 4. The van der Waals surface area contributed by atoms with E-state index < -0.39 is 10.0 Å². The molecule has 0 unspecified atom stereocenters. The first kappa shape index (κ1) is 15.4. The average molecular weight is 367 g/mol. The highest BCUT2D eigenvalue weighted by atomic mass is 79.9. The van der Waals surface area contributed by atoms with Crippen molar-refractivity contribution >= 4 is 31.6 Å². The van der Waals surface area contributed by atoms with Crippen molar-refractivity contribution < 1.29 is 13.2 Å². The van der Waals surface area contributed by atoms with Crippen molar-refractivity contribution in [1.82, 2.24) is 0 Å². The van der Waals surface area contributed by atoms with Crippen LogP contribution in [-0.2, 0) is 10.0 Å². The number of halogens is 1. The molecule has 0 heterocycles. The number of hydrogen-bond donors (Lipinski definition) is 1. The Bertz CT molecular complexity index is 796. The summed E-state index contributed by atoms with van der Waals surface area (Å²) >= 11 is 3.25. The van der Waals surface area contributed by atoms with Crippen LogP contribution in [0.1, 0.15) is 5.56 Å². The van der Waals surface area contributed by atoms with E-state index in [-0.39, 0.29) is 16.3 Å². The number of ether oxygens (including phenoxy) is 1. The number of rotatable bonds is 4. The van der Waals surface area contributed by atoms with Crippen molar-refractivity contribution in [3.05, 3.63) is 52.5 Å². The Hall–Kier alpha value is -2.04. The predicted molar refractivity (Wildman–Crippen MR) is 82.7 cm³/mol. The number of nitrogens with one attached hydrogen (secondary N) is 1. The van der Waals surface area contributed by atoms with Crippen LogP contribution in [0.2, 0.25) is 0 Å². The molecule has 0 amide bonds. The van der Waals surface area contributed by atoms with Crippen LogP contribution in [0.3, 0.4) is 0 Å². The van der Waals surface area contributed by atoms with Crippen LogP contribution in [0.4, 0.5) is 5.69 Å². The molecule has 7 heteroatoms. The highest BCUT2D eigenvalue weighted by Crippen LogP contribution is 2.28. The molecule has 2 aromatic rings. The SMILES string of the molecule is COc1cc(C#N)ccc1NS(=O)(=O)c1ccc(Br)cc1. The van der Waals surface area contributed by atoms with E-state index in [2.05, 4.69) is 20.7 Å². The van der Waals surface area contributed by atoms with Gasteiger partial charge in [-0.05, 0) is 36.4 Å². The molecule has 0 aliphatic rings. The second-order valence-corrected chi connectivity index (χ2v) is 6.68. The van der Waals surface area contributed by atoms with Gasteiger partial charge in [0, 0.05) is 10.5 Å². The van der Waals surface area contributed by atoms with E-state index in [4.69, 9.17) is 10.00 Å². The fourth-order valence-corrected chi connectivity index (χ4v) is 3.00. The predicted octanol–water partition coefficient (Wildman–Crippen LogP) is 3.13. The van der Waals surface area contributed by atoms with E-state index in [1.54, 1.807) is 12.1 Å². The van der Waals surface area contributed by atoms with E-state index in [0.29, 0.717) is 5.56 Å². The minimum absolute atomic E-state index is 0.136. The van der Waals surface area contributed by atoms with Gasteiger partial charge >= 0.3 is 0 Å².